The topological polar surface area (TPSA) is 54.2 Å². The highest BCUT2D eigenvalue weighted by Gasteiger charge is 2.03. The highest BCUT2D eigenvalue weighted by molar-refractivity contribution is 5.79. The summed E-state index contributed by atoms with van der Waals surface area (Å²) < 4.78 is 15.0. The smallest absolute Gasteiger partial charge is 0.191 e. The van der Waals surface area contributed by atoms with Gasteiger partial charge in [-0.3, -0.25) is 4.99 Å². The maximum absolute atomic E-state index is 13.2. The standard InChI is InChI=1S/C19H20FN5/c1-21-19(22-11-15-6-5-7-17(20)10-15)23-12-16-13-24-25(14-16)18-8-3-2-4-9-18/h2-10,13-14H,11-12H2,1H3,(H2,21,22,23). The van der Waals surface area contributed by atoms with Gasteiger partial charge in [-0.1, -0.05) is 30.3 Å². The Morgan fingerprint density at radius 3 is 2.52 bits per heavy atom. The van der Waals surface area contributed by atoms with E-state index in [1.807, 2.05) is 53.5 Å². The van der Waals surface area contributed by atoms with E-state index in [4.69, 9.17) is 0 Å². The normalized spacial score (nSPS) is 11.4. The first-order valence-electron chi connectivity index (χ1n) is 8.02. The van der Waals surface area contributed by atoms with Gasteiger partial charge in [0.1, 0.15) is 5.82 Å². The van der Waals surface area contributed by atoms with Gasteiger partial charge in [-0.2, -0.15) is 5.10 Å². The molecule has 25 heavy (non-hydrogen) atoms. The molecule has 0 unspecified atom stereocenters. The van der Waals surface area contributed by atoms with Crippen molar-refractivity contribution in [1.82, 2.24) is 20.4 Å². The van der Waals surface area contributed by atoms with Crippen LogP contribution in [-0.2, 0) is 13.1 Å². The van der Waals surface area contributed by atoms with Crippen LogP contribution in [0.3, 0.4) is 0 Å². The lowest BCUT2D eigenvalue weighted by Crippen LogP contribution is -2.36. The molecule has 1 aromatic heterocycles. The molecule has 0 bridgehead atoms. The highest BCUT2D eigenvalue weighted by Crippen LogP contribution is 2.07. The number of guanidine groups is 1. The second-order valence-corrected chi connectivity index (χ2v) is 5.54. The van der Waals surface area contributed by atoms with Gasteiger partial charge < -0.3 is 10.6 Å². The van der Waals surface area contributed by atoms with E-state index in [-0.39, 0.29) is 5.82 Å². The number of hydrogen-bond donors (Lipinski definition) is 2. The SMILES string of the molecule is CN=C(NCc1cccc(F)c1)NCc1cnn(-c2ccccc2)c1. The molecule has 2 aromatic carbocycles. The number of aromatic nitrogens is 2. The third kappa shape index (κ3) is 4.67. The Hall–Kier alpha value is -3.15. The maximum Gasteiger partial charge on any atom is 0.191 e. The average molecular weight is 337 g/mol. The molecule has 0 spiro atoms. The number of hydrogen-bond acceptors (Lipinski definition) is 2. The van der Waals surface area contributed by atoms with Crippen LogP contribution in [0, 0.1) is 5.82 Å². The van der Waals surface area contributed by atoms with Gasteiger partial charge in [-0.15, -0.1) is 0 Å². The third-order valence-electron chi connectivity index (χ3n) is 3.69. The van der Waals surface area contributed by atoms with Crippen molar-refractivity contribution in [3.8, 4) is 5.69 Å². The predicted octanol–water partition coefficient (Wildman–Crippen LogP) is 2.88. The van der Waals surface area contributed by atoms with Gasteiger partial charge in [0.2, 0.25) is 0 Å². The fourth-order valence-electron chi connectivity index (χ4n) is 2.41. The van der Waals surface area contributed by atoms with Crippen LogP contribution in [-0.4, -0.2) is 22.8 Å². The maximum atomic E-state index is 13.2. The van der Waals surface area contributed by atoms with Crippen molar-refractivity contribution < 1.29 is 4.39 Å². The summed E-state index contributed by atoms with van der Waals surface area (Å²) in [4.78, 5) is 4.18. The van der Waals surface area contributed by atoms with Crippen LogP contribution in [0.4, 0.5) is 4.39 Å². The zero-order valence-corrected chi connectivity index (χ0v) is 14.0. The number of rotatable bonds is 5. The van der Waals surface area contributed by atoms with E-state index in [2.05, 4.69) is 20.7 Å². The Kier molecular flexibility index (Phi) is 5.41. The molecule has 0 saturated heterocycles. The van der Waals surface area contributed by atoms with Crippen LogP contribution < -0.4 is 10.6 Å². The Bertz CT molecular complexity index is 842. The summed E-state index contributed by atoms with van der Waals surface area (Å²) in [5, 5.41) is 10.8. The van der Waals surface area contributed by atoms with Gasteiger partial charge in [0.25, 0.3) is 0 Å². The summed E-state index contributed by atoms with van der Waals surface area (Å²) in [5.74, 6) is 0.410. The average Bonchev–Trinajstić information content (AvgIpc) is 3.12. The van der Waals surface area contributed by atoms with Crippen molar-refractivity contribution >= 4 is 5.96 Å². The minimum absolute atomic E-state index is 0.240. The summed E-state index contributed by atoms with van der Waals surface area (Å²) >= 11 is 0. The molecular weight excluding hydrogens is 317 g/mol. The second-order valence-electron chi connectivity index (χ2n) is 5.54. The largest absolute Gasteiger partial charge is 0.352 e. The molecule has 0 radical (unpaired) electrons. The van der Waals surface area contributed by atoms with E-state index in [1.165, 1.54) is 12.1 Å². The molecule has 5 nitrogen and oxygen atoms in total. The van der Waals surface area contributed by atoms with Crippen molar-refractivity contribution in [3.05, 3.63) is 83.9 Å². The molecule has 0 aliphatic carbocycles. The van der Waals surface area contributed by atoms with E-state index in [9.17, 15) is 4.39 Å². The lowest BCUT2D eigenvalue weighted by Gasteiger charge is -2.11. The van der Waals surface area contributed by atoms with Crippen LogP contribution in [0.2, 0.25) is 0 Å². The van der Waals surface area contributed by atoms with Gasteiger partial charge in [0.05, 0.1) is 11.9 Å². The minimum atomic E-state index is -0.240. The third-order valence-corrected chi connectivity index (χ3v) is 3.69. The van der Waals surface area contributed by atoms with Gasteiger partial charge in [0.15, 0.2) is 5.96 Å². The molecule has 3 rings (SSSR count). The van der Waals surface area contributed by atoms with Crippen LogP contribution in [0.1, 0.15) is 11.1 Å². The first-order valence-corrected chi connectivity index (χ1v) is 8.02. The van der Waals surface area contributed by atoms with E-state index in [0.29, 0.717) is 19.0 Å². The fourth-order valence-corrected chi connectivity index (χ4v) is 2.41. The number of para-hydroxylation sites is 1. The molecule has 3 aromatic rings. The number of aliphatic imine (C=N–C) groups is 1. The fraction of sp³-hybridized carbons (Fsp3) is 0.158. The molecule has 0 amide bonds. The first-order chi connectivity index (χ1) is 12.2. The first kappa shape index (κ1) is 16.7. The molecule has 0 fully saturated rings. The molecule has 1 heterocycles. The second kappa shape index (κ2) is 8.10. The Balaban J connectivity index is 1.54. The molecule has 0 saturated carbocycles. The molecular formula is C19H20FN5. The molecule has 0 aliphatic heterocycles. The minimum Gasteiger partial charge on any atom is -0.352 e. The van der Waals surface area contributed by atoms with E-state index >= 15 is 0 Å². The lowest BCUT2D eigenvalue weighted by molar-refractivity contribution is 0.624. The lowest BCUT2D eigenvalue weighted by atomic mass is 10.2. The number of nitrogens with zero attached hydrogens (tertiary/aromatic N) is 3. The number of benzene rings is 2. The van der Waals surface area contributed by atoms with Gasteiger partial charge in [-0.25, -0.2) is 9.07 Å². The van der Waals surface area contributed by atoms with Crippen molar-refractivity contribution in [2.45, 2.75) is 13.1 Å². The van der Waals surface area contributed by atoms with Crippen LogP contribution >= 0.6 is 0 Å². The summed E-state index contributed by atoms with van der Waals surface area (Å²) in [6.45, 7) is 1.09. The number of halogens is 1. The number of nitrogens with one attached hydrogen (secondary N) is 2. The van der Waals surface area contributed by atoms with Crippen molar-refractivity contribution in [1.29, 1.82) is 0 Å². The van der Waals surface area contributed by atoms with Gasteiger partial charge >= 0.3 is 0 Å². The summed E-state index contributed by atoms with van der Waals surface area (Å²) in [6.07, 6.45) is 3.79. The van der Waals surface area contributed by atoms with Gasteiger partial charge in [-0.05, 0) is 29.8 Å². The van der Waals surface area contributed by atoms with Crippen molar-refractivity contribution in [2.24, 2.45) is 4.99 Å². The quantitative estimate of drug-likeness (QED) is 0.556. The van der Waals surface area contributed by atoms with Crippen LogP contribution in [0.5, 0.6) is 0 Å². The van der Waals surface area contributed by atoms with Crippen molar-refractivity contribution in [2.75, 3.05) is 7.05 Å². The van der Waals surface area contributed by atoms with E-state index < -0.39 is 0 Å². The monoisotopic (exact) mass is 337 g/mol. The van der Waals surface area contributed by atoms with Crippen LogP contribution in [0.15, 0.2) is 72.0 Å². The van der Waals surface area contributed by atoms with Gasteiger partial charge in [0, 0.05) is 31.9 Å². The zero-order chi connectivity index (χ0) is 17.5. The van der Waals surface area contributed by atoms with E-state index in [0.717, 1.165) is 16.8 Å². The zero-order valence-electron chi connectivity index (χ0n) is 14.0. The summed E-state index contributed by atoms with van der Waals surface area (Å²) in [6, 6.07) is 16.4. The van der Waals surface area contributed by atoms with Crippen LogP contribution in [0.25, 0.3) is 5.69 Å². The molecule has 0 aliphatic rings. The van der Waals surface area contributed by atoms with Crippen molar-refractivity contribution in [3.63, 3.8) is 0 Å². The molecule has 6 heteroatoms. The summed E-state index contributed by atoms with van der Waals surface area (Å²) in [7, 11) is 1.70. The molecule has 0 atom stereocenters. The van der Waals surface area contributed by atoms with E-state index in [1.54, 1.807) is 13.1 Å². The predicted molar refractivity (Wildman–Crippen MR) is 97.0 cm³/mol. The highest BCUT2D eigenvalue weighted by atomic mass is 19.1. The molecule has 128 valence electrons. The Morgan fingerprint density at radius 1 is 1.04 bits per heavy atom. The Labute approximate surface area is 146 Å². The Morgan fingerprint density at radius 2 is 1.80 bits per heavy atom. The summed E-state index contributed by atoms with van der Waals surface area (Å²) in [5.41, 5.74) is 2.92. The molecule has 2 N–H and O–H groups in total.